The lowest BCUT2D eigenvalue weighted by atomic mass is 10.1. The molecule has 0 bridgehead atoms. The first-order chi connectivity index (χ1) is 8.04. The number of amides is 1. The fourth-order valence-electron chi connectivity index (χ4n) is 2.32. The summed E-state index contributed by atoms with van der Waals surface area (Å²) in [6, 6.07) is 2.38. The van der Waals surface area contributed by atoms with E-state index in [1.165, 1.54) is 10.4 Å². The van der Waals surface area contributed by atoms with Crippen molar-refractivity contribution in [2.45, 2.75) is 33.2 Å². The molecule has 0 N–H and O–H groups in total. The van der Waals surface area contributed by atoms with Crippen LogP contribution in [-0.2, 0) is 0 Å². The van der Waals surface area contributed by atoms with Gasteiger partial charge < -0.3 is 4.90 Å². The molecular weight excluding hydrogens is 298 g/mol. The molecular formula is C13H18BrNOS. The monoisotopic (exact) mass is 315 g/mol. The second kappa shape index (κ2) is 5.11. The Morgan fingerprint density at radius 3 is 2.82 bits per heavy atom. The number of likely N-dealkylation sites (tertiary alicyclic amines) is 1. The summed E-state index contributed by atoms with van der Waals surface area (Å²) in [5.74, 6) is 0.806. The van der Waals surface area contributed by atoms with Crippen LogP contribution in [0, 0.1) is 19.8 Å². The lowest BCUT2D eigenvalue weighted by molar-refractivity contribution is 0.0743. The van der Waals surface area contributed by atoms with E-state index in [-0.39, 0.29) is 5.91 Å². The number of thiophene rings is 1. The molecule has 0 saturated carbocycles. The molecule has 2 rings (SSSR count). The highest BCUT2D eigenvalue weighted by Gasteiger charge is 2.34. The van der Waals surface area contributed by atoms with Crippen LogP contribution in [0.1, 0.15) is 33.5 Å². The van der Waals surface area contributed by atoms with Gasteiger partial charge in [-0.05, 0) is 37.8 Å². The first-order valence-electron chi connectivity index (χ1n) is 5.98. The average molecular weight is 316 g/mol. The minimum atomic E-state index is 0.208. The van der Waals surface area contributed by atoms with Gasteiger partial charge in [0.1, 0.15) is 0 Å². The molecule has 1 aliphatic rings. The Bertz CT molecular complexity index is 410. The SMILES string of the molecule is Cc1cc(C(=O)N2CCC(C)C2CBr)sc1C. The number of rotatable bonds is 2. The van der Waals surface area contributed by atoms with E-state index in [1.54, 1.807) is 11.3 Å². The fraction of sp³-hybridized carbons (Fsp3) is 0.615. The van der Waals surface area contributed by atoms with Gasteiger partial charge in [0.2, 0.25) is 0 Å². The Morgan fingerprint density at radius 1 is 1.59 bits per heavy atom. The van der Waals surface area contributed by atoms with E-state index >= 15 is 0 Å². The highest BCUT2D eigenvalue weighted by Crippen LogP contribution is 2.29. The Hall–Kier alpha value is -0.350. The summed E-state index contributed by atoms with van der Waals surface area (Å²) in [5, 5.41) is 0.878. The molecule has 0 aromatic carbocycles. The van der Waals surface area contributed by atoms with Crippen LogP contribution in [0.3, 0.4) is 0 Å². The molecule has 0 aliphatic carbocycles. The first kappa shape index (κ1) is 13.1. The Balaban J connectivity index is 2.20. The van der Waals surface area contributed by atoms with Crippen molar-refractivity contribution in [3.05, 3.63) is 21.4 Å². The molecule has 1 aromatic rings. The average Bonchev–Trinajstić information content (AvgIpc) is 2.82. The maximum Gasteiger partial charge on any atom is 0.264 e. The third-order valence-corrected chi connectivity index (χ3v) is 5.48. The van der Waals surface area contributed by atoms with Crippen molar-refractivity contribution in [3.63, 3.8) is 0 Å². The summed E-state index contributed by atoms with van der Waals surface area (Å²) < 4.78 is 0. The fourth-order valence-corrected chi connectivity index (χ4v) is 4.29. The van der Waals surface area contributed by atoms with Crippen molar-refractivity contribution in [2.75, 3.05) is 11.9 Å². The second-order valence-electron chi connectivity index (χ2n) is 4.84. The molecule has 2 atom stereocenters. The van der Waals surface area contributed by atoms with Crippen LogP contribution in [0.5, 0.6) is 0 Å². The second-order valence-corrected chi connectivity index (χ2v) is 6.74. The standard InChI is InChI=1S/C13H18BrNOS/c1-8-4-5-15(11(8)7-14)13(16)12-6-9(2)10(3)17-12/h6,8,11H,4-5,7H2,1-3H3. The molecule has 94 valence electrons. The lowest BCUT2D eigenvalue weighted by Crippen LogP contribution is -2.38. The van der Waals surface area contributed by atoms with Gasteiger partial charge >= 0.3 is 0 Å². The molecule has 0 radical (unpaired) electrons. The number of alkyl halides is 1. The zero-order valence-electron chi connectivity index (χ0n) is 10.5. The van der Waals surface area contributed by atoms with Crippen LogP contribution in [0.2, 0.25) is 0 Å². The number of halogens is 1. The summed E-state index contributed by atoms with van der Waals surface area (Å²) in [6.45, 7) is 7.26. The zero-order chi connectivity index (χ0) is 12.6. The van der Waals surface area contributed by atoms with E-state index in [9.17, 15) is 4.79 Å². The van der Waals surface area contributed by atoms with E-state index in [2.05, 4.69) is 36.7 Å². The summed E-state index contributed by atoms with van der Waals surface area (Å²) in [7, 11) is 0. The van der Waals surface area contributed by atoms with Crippen LogP contribution in [0.25, 0.3) is 0 Å². The van der Waals surface area contributed by atoms with Crippen LogP contribution < -0.4 is 0 Å². The predicted molar refractivity (Wildman–Crippen MR) is 76.2 cm³/mol. The first-order valence-corrected chi connectivity index (χ1v) is 7.92. The third-order valence-electron chi connectivity index (χ3n) is 3.68. The summed E-state index contributed by atoms with van der Waals surface area (Å²) in [4.78, 5) is 16.6. The van der Waals surface area contributed by atoms with Crippen LogP contribution in [0.4, 0.5) is 0 Å². The predicted octanol–water partition coefficient (Wildman–Crippen LogP) is 3.61. The smallest absolute Gasteiger partial charge is 0.264 e. The molecule has 0 spiro atoms. The quantitative estimate of drug-likeness (QED) is 0.763. The van der Waals surface area contributed by atoms with Gasteiger partial charge in [-0.3, -0.25) is 4.79 Å². The summed E-state index contributed by atoms with van der Waals surface area (Å²) in [6.07, 6.45) is 1.12. The largest absolute Gasteiger partial charge is 0.334 e. The summed E-state index contributed by atoms with van der Waals surface area (Å²) in [5.41, 5.74) is 1.22. The van der Waals surface area contributed by atoms with Crippen LogP contribution in [0.15, 0.2) is 6.07 Å². The number of hydrogen-bond acceptors (Lipinski definition) is 2. The number of hydrogen-bond donors (Lipinski definition) is 0. The van der Waals surface area contributed by atoms with Gasteiger partial charge in [-0.1, -0.05) is 22.9 Å². The van der Waals surface area contributed by atoms with Crippen molar-refractivity contribution in [2.24, 2.45) is 5.92 Å². The highest BCUT2D eigenvalue weighted by atomic mass is 79.9. The van der Waals surface area contributed by atoms with E-state index in [0.717, 1.165) is 23.2 Å². The number of carbonyl (C=O) groups excluding carboxylic acids is 1. The highest BCUT2D eigenvalue weighted by molar-refractivity contribution is 9.09. The molecule has 17 heavy (non-hydrogen) atoms. The van der Waals surface area contributed by atoms with Gasteiger partial charge in [-0.15, -0.1) is 11.3 Å². The Labute approximate surface area is 115 Å². The summed E-state index contributed by atoms with van der Waals surface area (Å²) >= 11 is 5.14. The minimum absolute atomic E-state index is 0.208. The molecule has 4 heteroatoms. The maximum absolute atomic E-state index is 12.4. The molecule has 2 heterocycles. The molecule has 1 amide bonds. The van der Waals surface area contributed by atoms with Crippen molar-refractivity contribution in [1.29, 1.82) is 0 Å². The molecule has 1 aromatic heterocycles. The molecule has 1 aliphatic heterocycles. The molecule has 2 nitrogen and oxygen atoms in total. The zero-order valence-corrected chi connectivity index (χ0v) is 12.9. The van der Waals surface area contributed by atoms with Gasteiger partial charge in [0.15, 0.2) is 0 Å². The van der Waals surface area contributed by atoms with Crippen LogP contribution >= 0.6 is 27.3 Å². The molecule has 1 saturated heterocycles. The van der Waals surface area contributed by atoms with E-state index in [0.29, 0.717) is 12.0 Å². The van der Waals surface area contributed by atoms with Crippen molar-refractivity contribution in [1.82, 2.24) is 4.90 Å². The van der Waals surface area contributed by atoms with E-state index in [4.69, 9.17) is 0 Å². The van der Waals surface area contributed by atoms with Crippen molar-refractivity contribution < 1.29 is 4.79 Å². The molecule has 1 fully saturated rings. The lowest BCUT2D eigenvalue weighted by Gasteiger charge is -2.24. The Morgan fingerprint density at radius 2 is 2.29 bits per heavy atom. The third kappa shape index (κ3) is 2.43. The van der Waals surface area contributed by atoms with Crippen LogP contribution in [-0.4, -0.2) is 28.7 Å². The van der Waals surface area contributed by atoms with E-state index < -0.39 is 0 Å². The molecule has 2 unspecified atom stereocenters. The number of carbonyl (C=O) groups is 1. The van der Waals surface area contributed by atoms with Gasteiger partial charge in [-0.2, -0.15) is 0 Å². The van der Waals surface area contributed by atoms with Crippen molar-refractivity contribution >= 4 is 33.2 Å². The number of aryl methyl sites for hydroxylation is 2. The van der Waals surface area contributed by atoms with Crippen molar-refractivity contribution in [3.8, 4) is 0 Å². The topological polar surface area (TPSA) is 20.3 Å². The van der Waals surface area contributed by atoms with E-state index in [1.807, 2.05) is 11.0 Å². The Kier molecular flexibility index (Phi) is 3.93. The van der Waals surface area contributed by atoms with Gasteiger partial charge in [-0.25, -0.2) is 0 Å². The van der Waals surface area contributed by atoms with Gasteiger partial charge in [0.25, 0.3) is 5.91 Å². The maximum atomic E-state index is 12.4. The minimum Gasteiger partial charge on any atom is -0.334 e. The van der Waals surface area contributed by atoms with Gasteiger partial charge in [0, 0.05) is 22.8 Å². The normalized spacial score (nSPS) is 24.4. The number of nitrogens with zero attached hydrogens (tertiary/aromatic N) is 1. The van der Waals surface area contributed by atoms with Gasteiger partial charge in [0.05, 0.1) is 4.88 Å².